The Bertz CT molecular complexity index is 1140. The Balaban J connectivity index is 1.67. The number of fused-ring (bicyclic) bond motifs is 2. The van der Waals surface area contributed by atoms with Gasteiger partial charge in [0.05, 0.1) is 12.3 Å². The maximum absolute atomic E-state index is 14.3. The van der Waals surface area contributed by atoms with Crippen molar-refractivity contribution in [2.24, 2.45) is 45.8 Å². The molecule has 2 heterocycles. The summed E-state index contributed by atoms with van der Waals surface area (Å²) in [6, 6.07) is 0. The van der Waals surface area contributed by atoms with Crippen molar-refractivity contribution < 1.29 is 47.7 Å². The smallest absolute Gasteiger partial charge is 0.306 e. The highest BCUT2D eigenvalue weighted by Gasteiger charge is 2.76. The first-order chi connectivity index (χ1) is 18.1. The highest BCUT2D eigenvalue weighted by atomic mass is 16.6. The highest BCUT2D eigenvalue weighted by Crippen LogP contribution is 2.71. The van der Waals surface area contributed by atoms with Crippen LogP contribution in [0.4, 0.5) is 0 Å². The monoisotopic (exact) mass is 546 g/mol. The van der Waals surface area contributed by atoms with Crippen molar-refractivity contribution in [1.29, 1.82) is 0 Å². The van der Waals surface area contributed by atoms with Gasteiger partial charge in [-0.25, -0.2) is 0 Å². The fraction of sp³-hybridized carbons (Fsp3) is 0.793. The number of esters is 4. The van der Waals surface area contributed by atoms with Crippen molar-refractivity contribution in [2.45, 2.75) is 92.0 Å². The van der Waals surface area contributed by atoms with Gasteiger partial charge in [-0.15, -0.1) is 0 Å². The maximum Gasteiger partial charge on any atom is 0.306 e. The van der Waals surface area contributed by atoms with Crippen LogP contribution in [-0.2, 0) is 47.7 Å². The summed E-state index contributed by atoms with van der Waals surface area (Å²) in [5.41, 5.74) is -3.11. The van der Waals surface area contributed by atoms with Gasteiger partial charge in [-0.3, -0.25) is 28.8 Å². The first-order valence-electron chi connectivity index (χ1n) is 13.9. The average Bonchev–Trinajstić information content (AvgIpc) is 3.26. The van der Waals surface area contributed by atoms with Crippen LogP contribution in [0.5, 0.6) is 0 Å². The Morgan fingerprint density at radius 3 is 2.18 bits per heavy atom. The molecule has 10 heteroatoms. The Morgan fingerprint density at radius 1 is 0.923 bits per heavy atom. The third-order valence-electron chi connectivity index (χ3n) is 10.9. The third-order valence-corrected chi connectivity index (χ3v) is 10.9. The zero-order valence-electron chi connectivity index (χ0n) is 23.4. The van der Waals surface area contributed by atoms with Gasteiger partial charge < -0.3 is 18.9 Å². The molecule has 3 aliphatic carbocycles. The number of carbonyl (C=O) groups excluding carboxylic acids is 6. The van der Waals surface area contributed by atoms with Crippen LogP contribution < -0.4 is 0 Å². The van der Waals surface area contributed by atoms with E-state index in [2.05, 4.69) is 0 Å². The zero-order valence-corrected chi connectivity index (χ0v) is 23.4. The van der Waals surface area contributed by atoms with Crippen molar-refractivity contribution >= 4 is 35.4 Å². The SMILES string of the molecule is CC(=O)O[C@H]1C[C@@H](C)[C@@H]2C[C@H]3OC(=O)C[C@@H]4[C@@]3(C)[C@H]([C@H](OC(C)=O)C[C@@]4(C)C(=O)[C@@H]3COC(=O)C3)[C@@]2(C)C1=O. The van der Waals surface area contributed by atoms with Gasteiger partial charge in [-0.2, -0.15) is 0 Å². The molecule has 0 unspecified atom stereocenters. The average molecular weight is 547 g/mol. The first-order valence-corrected chi connectivity index (χ1v) is 13.9. The molecule has 2 aliphatic heterocycles. The number of ether oxygens (including phenoxy) is 4. The zero-order chi connectivity index (χ0) is 28.7. The third kappa shape index (κ3) is 3.95. The fourth-order valence-electron chi connectivity index (χ4n) is 9.55. The van der Waals surface area contributed by atoms with Crippen molar-refractivity contribution in [1.82, 2.24) is 0 Å². The van der Waals surface area contributed by atoms with Gasteiger partial charge in [-0.1, -0.05) is 27.7 Å². The van der Waals surface area contributed by atoms with Crippen LogP contribution >= 0.6 is 0 Å². The van der Waals surface area contributed by atoms with E-state index in [1.165, 1.54) is 13.8 Å². The number of hydrogen-bond acceptors (Lipinski definition) is 10. The number of carbonyl (C=O) groups is 6. The molecule has 39 heavy (non-hydrogen) atoms. The summed E-state index contributed by atoms with van der Waals surface area (Å²) in [6.07, 6.45) is -1.56. The number of cyclic esters (lactones) is 1. The Kier molecular flexibility index (Phi) is 6.50. The summed E-state index contributed by atoms with van der Waals surface area (Å²) in [6.45, 7) is 10.2. The largest absolute Gasteiger partial charge is 0.465 e. The molecule has 0 aromatic rings. The van der Waals surface area contributed by atoms with Crippen molar-refractivity contribution in [2.75, 3.05) is 6.61 Å². The van der Waals surface area contributed by atoms with Gasteiger partial charge in [0.2, 0.25) is 0 Å². The van der Waals surface area contributed by atoms with Crippen LogP contribution in [0.25, 0.3) is 0 Å². The Labute approximate surface area is 227 Å². The Hall–Kier alpha value is -2.78. The summed E-state index contributed by atoms with van der Waals surface area (Å²) >= 11 is 0. The molecule has 5 aliphatic rings. The van der Waals surface area contributed by atoms with Crippen LogP contribution in [0.15, 0.2) is 0 Å². The van der Waals surface area contributed by atoms with Gasteiger partial charge in [0.25, 0.3) is 0 Å². The van der Waals surface area contributed by atoms with E-state index in [1.807, 2.05) is 20.8 Å². The number of hydrogen-bond donors (Lipinski definition) is 0. The van der Waals surface area contributed by atoms with Crippen molar-refractivity contribution in [3.8, 4) is 0 Å². The van der Waals surface area contributed by atoms with E-state index in [4.69, 9.17) is 18.9 Å². The van der Waals surface area contributed by atoms with Crippen LogP contribution in [0, 0.1) is 45.8 Å². The van der Waals surface area contributed by atoms with E-state index in [0.29, 0.717) is 12.8 Å². The molecule has 5 rings (SSSR count). The lowest BCUT2D eigenvalue weighted by Gasteiger charge is -2.70. The highest BCUT2D eigenvalue weighted by molar-refractivity contribution is 5.94. The number of rotatable bonds is 4. The predicted octanol–water partition coefficient (Wildman–Crippen LogP) is 2.58. The summed E-state index contributed by atoms with van der Waals surface area (Å²) < 4.78 is 22.6. The number of Topliss-reactive ketones (excluding diaryl/α,β-unsaturated/α-hetero) is 2. The molecule has 11 atom stereocenters. The molecule has 0 radical (unpaired) electrons. The second-order valence-corrected chi connectivity index (χ2v) is 13.1. The summed E-state index contributed by atoms with van der Waals surface area (Å²) in [7, 11) is 0. The van der Waals surface area contributed by atoms with Gasteiger partial charge in [0.15, 0.2) is 11.9 Å². The van der Waals surface area contributed by atoms with E-state index in [9.17, 15) is 28.8 Å². The lowest BCUT2D eigenvalue weighted by molar-refractivity contribution is -0.277. The summed E-state index contributed by atoms with van der Waals surface area (Å²) in [5, 5.41) is 0. The van der Waals surface area contributed by atoms with Crippen molar-refractivity contribution in [3.05, 3.63) is 0 Å². The lowest BCUT2D eigenvalue weighted by atomic mass is 9.35. The van der Waals surface area contributed by atoms with Crippen LogP contribution in [0.3, 0.4) is 0 Å². The predicted molar refractivity (Wildman–Crippen MR) is 132 cm³/mol. The van der Waals surface area contributed by atoms with Crippen LogP contribution in [-0.4, -0.2) is 60.4 Å². The van der Waals surface area contributed by atoms with E-state index < -0.39 is 76.2 Å². The molecule has 0 aromatic carbocycles. The number of ketones is 2. The van der Waals surface area contributed by atoms with Gasteiger partial charge in [-0.05, 0) is 37.0 Å². The molecular weight excluding hydrogens is 508 g/mol. The van der Waals surface area contributed by atoms with Gasteiger partial charge >= 0.3 is 23.9 Å². The summed E-state index contributed by atoms with van der Waals surface area (Å²) in [5.74, 6) is -4.38. The second kappa shape index (κ2) is 9.13. The van der Waals surface area contributed by atoms with Crippen LogP contribution in [0.2, 0.25) is 0 Å². The van der Waals surface area contributed by atoms with Gasteiger partial charge in [0, 0.05) is 42.4 Å². The van der Waals surface area contributed by atoms with Crippen LogP contribution in [0.1, 0.15) is 73.6 Å². The molecule has 0 N–H and O–H groups in total. The minimum Gasteiger partial charge on any atom is -0.465 e. The first kappa shape index (κ1) is 27.8. The molecule has 3 saturated carbocycles. The maximum atomic E-state index is 14.3. The molecule has 0 bridgehead atoms. The van der Waals surface area contributed by atoms with E-state index in [0.717, 1.165) is 0 Å². The minimum atomic E-state index is -1.14. The Morgan fingerprint density at radius 2 is 1.59 bits per heavy atom. The lowest BCUT2D eigenvalue weighted by Crippen LogP contribution is -2.75. The van der Waals surface area contributed by atoms with E-state index >= 15 is 0 Å². The minimum absolute atomic E-state index is 0.0217. The molecule has 0 spiro atoms. The second-order valence-electron chi connectivity index (χ2n) is 13.1. The fourth-order valence-corrected chi connectivity index (χ4v) is 9.55. The standard InChI is InChI=1S/C29H38O10/c1-13-7-18(37-14(2)30)26(35)28(5)17(13)9-21-29(6)20(10-23(33)39-21)27(4,11-19(24(28)29)38-15(3)31)25(34)16-8-22(32)36-12-16/h13,16-21,24H,7-12H2,1-6H3/t13-,16+,17+,18+,19-,20+,21-,24-,27-,28+,29-/m1/s1. The molecule has 2 saturated heterocycles. The molecule has 214 valence electrons. The normalized spacial score (nSPS) is 46.8. The molecule has 0 amide bonds. The molecular formula is C29H38O10. The molecule has 5 fully saturated rings. The quantitative estimate of drug-likeness (QED) is 0.382. The molecule has 0 aromatic heterocycles. The van der Waals surface area contributed by atoms with Crippen molar-refractivity contribution in [3.63, 3.8) is 0 Å². The van der Waals surface area contributed by atoms with Gasteiger partial charge in [0.1, 0.15) is 24.6 Å². The molecule has 10 nitrogen and oxygen atoms in total. The topological polar surface area (TPSA) is 139 Å². The van der Waals surface area contributed by atoms with E-state index in [1.54, 1.807) is 6.92 Å². The van der Waals surface area contributed by atoms with E-state index in [-0.39, 0.29) is 49.3 Å². The summed E-state index contributed by atoms with van der Waals surface area (Å²) in [4.78, 5) is 77.7.